The van der Waals surface area contributed by atoms with Crippen LogP contribution in [0, 0.1) is 0 Å². The largest absolute Gasteiger partial charge is 0.475 e. The van der Waals surface area contributed by atoms with Gasteiger partial charge in [0.05, 0.1) is 6.61 Å². The van der Waals surface area contributed by atoms with Crippen LogP contribution in [0.1, 0.15) is 38.3 Å². The van der Waals surface area contributed by atoms with Crippen molar-refractivity contribution >= 4 is 0 Å². The molecule has 0 aliphatic carbocycles. The predicted molar refractivity (Wildman–Crippen MR) is 72.9 cm³/mol. The second-order valence-corrected chi connectivity index (χ2v) is 4.25. The third kappa shape index (κ3) is 5.47. The molecule has 4 nitrogen and oxygen atoms in total. The summed E-state index contributed by atoms with van der Waals surface area (Å²) in [7, 11) is 1.94. The van der Waals surface area contributed by atoms with Gasteiger partial charge in [0, 0.05) is 24.9 Å². The fourth-order valence-corrected chi connectivity index (χ4v) is 1.49. The maximum atomic E-state index is 5.56. The summed E-state index contributed by atoms with van der Waals surface area (Å²) in [5, 5.41) is 3.19. The first kappa shape index (κ1) is 14.9. The number of hydrogen-bond acceptors (Lipinski definition) is 4. The molecule has 0 aliphatic heterocycles. The van der Waals surface area contributed by atoms with E-state index >= 15 is 0 Å². The van der Waals surface area contributed by atoms with E-state index in [1.807, 2.05) is 19.2 Å². The molecule has 0 aliphatic rings. The van der Waals surface area contributed by atoms with E-state index in [4.69, 9.17) is 9.47 Å². The Kier molecular flexibility index (Phi) is 7.37. The first-order valence-corrected chi connectivity index (χ1v) is 6.61. The molecule has 0 radical (unpaired) electrons. The summed E-state index contributed by atoms with van der Waals surface area (Å²) >= 11 is 0. The van der Waals surface area contributed by atoms with Gasteiger partial charge in [-0.15, -0.1) is 0 Å². The van der Waals surface area contributed by atoms with Gasteiger partial charge < -0.3 is 14.8 Å². The van der Waals surface area contributed by atoms with Gasteiger partial charge in [-0.1, -0.05) is 13.3 Å². The molecule has 102 valence electrons. The van der Waals surface area contributed by atoms with Crippen molar-refractivity contribution < 1.29 is 9.47 Å². The number of nitrogens with one attached hydrogen (secondary N) is 1. The van der Waals surface area contributed by atoms with Crippen LogP contribution in [0.5, 0.6) is 5.88 Å². The molecule has 4 heteroatoms. The van der Waals surface area contributed by atoms with Gasteiger partial charge in [0.1, 0.15) is 6.61 Å². The van der Waals surface area contributed by atoms with Crippen molar-refractivity contribution in [1.82, 2.24) is 10.3 Å². The molecule has 1 atom stereocenters. The van der Waals surface area contributed by atoms with E-state index in [1.54, 1.807) is 6.20 Å². The molecule has 0 saturated heterocycles. The van der Waals surface area contributed by atoms with E-state index in [0.29, 0.717) is 25.1 Å². The van der Waals surface area contributed by atoms with Gasteiger partial charge in [-0.05, 0) is 32.0 Å². The lowest BCUT2D eigenvalue weighted by Crippen LogP contribution is -2.13. The quantitative estimate of drug-likeness (QED) is 0.686. The predicted octanol–water partition coefficient (Wildman–Crippen LogP) is 2.56. The second kappa shape index (κ2) is 8.89. The molecule has 0 fully saturated rings. The SMILES string of the molecule is CCCCOCCOc1cc(C(C)NC)ccn1. The fourth-order valence-electron chi connectivity index (χ4n) is 1.49. The summed E-state index contributed by atoms with van der Waals surface area (Å²) in [5.41, 5.74) is 1.18. The van der Waals surface area contributed by atoms with Gasteiger partial charge in [-0.3, -0.25) is 0 Å². The zero-order valence-electron chi connectivity index (χ0n) is 11.6. The van der Waals surface area contributed by atoms with E-state index in [2.05, 4.69) is 24.1 Å². The Morgan fingerprint density at radius 3 is 2.89 bits per heavy atom. The van der Waals surface area contributed by atoms with Crippen LogP contribution >= 0.6 is 0 Å². The summed E-state index contributed by atoms with van der Waals surface area (Å²) in [6.45, 7) is 6.23. The third-order valence-corrected chi connectivity index (χ3v) is 2.81. The number of aromatic nitrogens is 1. The van der Waals surface area contributed by atoms with Crippen LogP contribution < -0.4 is 10.1 Å². The molecule has 1 rings (SSSR count). The summed E-state index contributed by atoms with van der Waals surface area (Å²) < 4.78 is 11.0. The first-order valence-electron chi connectivity index (χ1n) is 6.61. The number of rotatable bonds is 9. The molecule has 1 aromatic heterocycles. The average Bonchev–Trinajstić information content (AvgIpc) is 2.42. The molecule has 0 saturated carbocycles. The molecule has 1 aromatic rings. The van der Waals surface area contributed by atoms with Crippen LogP contribution in [0.2, 0.25) is 0 Å². The van der Waals surface area contributed by atoms with E-state index in [9.17, 15) is 0 Å². The summed E-state index contributed by atoms with van der Waals surface area (Å²) in [5.74, 6) is 0.661. The molecule has 18 heavy (non-hydrogen) atoms. The molecule has 0 bridgehead atoms. The highest BCUT2D eigenvalue weighted by Gasteiger charge is 2.04. The minimum absolute atomic E-state index is 0.302. The van der Waals surface area contributed by atoms with Crippen LogP contribution in [0.15, 0.2) is 18.3 Å². The molecular weight excluding hydrogens is 228 g/mol. The minimum atomic E-state index is 0.302. The highest BCUT2D eigenvalue weighted by atomic mass is 16.5. The van der Waals surface area contributed by atoms with Crippen molar-refractivity contribution in [2.45, 2.75) is 32.7 Å². The van der Waals surface area contributed by atoms with Gasteiger partial charge in [-0.25, -0.2) is 4.98 Å². The molecular formula is C14H24N2O2. The average molecular weight is 252 g/mol. The zero-order valence-corrected chi connectivity index (χ0v) is 11.6. The highest BCUT2D eigenvalue weighted by molar-refractivity contribution is 5.23. The Morgan fingerprint density at radius 1 is 1.33 bits per heavy atom. The molecule has 0 spiro atoms. The maximum absolute atomic E-state index is 5.56. The van der Waals surface area contributed by atoms with Crippen molar-refractivity contribution in [2.24, 2.45) is 0 Å². The minimum Gasteiger partial charge on any atom is -0.475 e. The van der Waals surface area contributed by atoms with Crippen LogP contribution in [0.4, 0.5) is 0 Å². The Morgan fingerprint density at radius 2 is 2.17 bits per heavy atom. The summed E-state index contributed by atoms with van der Waals surface area (Å²) in [4.78, 5) is 4.18. The summed E-state index contributed by atoms with van der Waals surface area (Å²) in [6.07, 6.45) is 4.04. The number of pyridine rings is 1. The Bertz CT molecular complexity index is 331. The van der Waals surface area contributed by atoms with Crippen LogP contribution in [0.25, 0.3) is 0 Å². The maximum Gasteiger partial charge on any atom is 0.213 e. The fraction of sp³-hybridized carbons (Fsp3) is 0.643. The van der Waals surface area contributed by atoms with Gasteiger partial charge >= 0.3 is 0 Å². The Balaban J connectivity index is 2.29. The normalized spacial score (nSPS) is 12.4. The Hall–Kier alpha value is -1.13. The van der Waals surface area contributed by atoms with E-state index in [-0.39, 0.29) is 0 Å². The van der Waals surface area contributed by atoms with Gasteiger partial charge in [0.25, 0.3) is 0 Å². The van der Waals surface area contributed by atoms with E-state index in [1.165, 1.54) is 5.56 Å². The number of nitrogens with zero attached hydrogens (tertiary/aromatic N) is 1. The number of hydrogen-bond donors (Lipinski definition) is 1. The van der Waals surface area contributed by atoms with Gasteiger partial charge in [-0.2, -0.15) is 0 Å². The molecule has 0 aromatic carbocycles. The monoisotopic (exact) mass is 252 g/mol. The van der Waals surface area contributed by atoms with Crippen molar-refractivity contribution in [1.29, 1.82) is 0 Å². The number of unbranched alkanes of at least 4 members (excludes halogenated alkanes) is 1. The second-order valence-electron chi connectivity index (χ2n) is 4.25. The van der Waals surface area contributed by atoms with Gasteiger partial charge in [0.2, 0.25) is 5.88 Å². The molecule has 1 unspecified atom stereocenters. The Labute approximate surface area is 110 Å². The first-order chi connectivity index (χ1) is 8.77. The highest BCUT2D eigenvalue weighted by Crippen LogP contribution is 2.15. The smallest absolute Gasteiger partial charge is 0.213 e. The topological polar surface area (TPSA) is 43.4 Å². The van der Waals surface area contributed by atoms with Crippen molar-refractivity contribution in [3.8, 4) is 5.88 Å². The third-order valence-electron chi connectivity index (χ3n) is 2.81. The lowest BCUT2D eigenvalue weighted by Gasteiger charge is -2.12. The number of ether oxygens (including phenoxy) is 2. The zero-order chi connectivity index (χ0) is 13.2. The lowest BCUT2D eigenvalue weighted by atomic mass is 10.1. The van der Waals surface area contributed by atoms with E-state index < -0.39 is 0 Å². The molecule has 0 amide bonds. The van der Waals surface area contributed by atoms with Gasteiger partial charge in [0.15, 0.2) is 0 Å². The van der Waals surface area contributed by atoms with Crippen molar-refractivity contribution in [3.63, 3.8) is 0 Å². The summed E-state index contributed by atoms with van der Waals surface area (Å²) in [6, 6.07) is 4.26. The van der Waals surface area contributed by atoms with Crippen molar-refractivity contribution in [2.75, 3.05) is 26.9 Å². The lowest BCUT2D eigenvalue weighted by molar-refractivity contribution is 0.0965. The van der Waals surface area contributed by atoms with Crippen LogP contribution in [-0.2, 0) is 4.74 Å². The standard InChI is InChI=1S/C14H24N2O2/c1-4-5-8-17-9-10-18-14-11-13(6-7-16-14)12(2)15-3/h6-7,11-12,15H,4-5,8-10H2,1-3H3. The van der Waals surface area contributed by atoms with Crippen molar-refractivity contribution in [3.05, 3.63) is 23.9 Å². The van der Waals surface area contributed by atoms with Crippen LogP contribution in [-0.4, -0.2) is 31.9 Å². The van der Waals surface area contributed by atoms with Crippen LogP contribution in [0.3, 0.4) is 0 Å². The molecule has 1 heterocycles. The molecule has 1 N–H and O–H groups in total. The van der Waals surface area contributed by atoms with E-state index in [0.717, 1.165) is 19.4 Å².